The third kappa shape index (κ3) is 3.63. The van der Waals surface area contributed by atoms with Crippen molar-refractivity contribution in [2.75, 3.05) is 0 Å². The van der Waals surface area contributed by atoms with Crippen LogP contribution in [0, 0.1) is 28.1 Å². The van der Waals surface area contributed by atoms with Crippen LogP contribution in [0.25, 0.3) is 0 Å². The van der Waals surface area contributed by atoms with Gasteiger partial charge in [-0.15, -0.1) is 0 Å². The fourth-order valence-electron chi connectivity index (χ4n) is 2.90. The Morgan fingerprint density at radius 3 is 2.28 bits per heavy atom. The van der Waals surface area contributed by atoms with Crippen LogP contribution in [0.4, 0.5) is 4.79 Å². The molecule has 102 valence electrons. The number of rotatable bonds is 2. The van der Waals surface area contributed by atoms with E-state index in [4.69, 9.17) is 10.4 Å². The number of nitrogens with zero attached hydrogens (tertiary/aromatic N) is 1. The van der Waals surface area contributed by atoms with Gasteiger partial charge in [0.25, 0.3) is 0 Å². The molecule has 1 aliphatic carbocycles. The van der Waals surface area contributed by atoms with Gasteiger partial charge in [0.2, 0.25) is 0 Å². The SMILES string of the molecule is CC1(C#N)CCC(C(NC(=O)O)C(C)(C)C)CC1. The third-order valence-corrected chi connectivity index (χ3v) is 4.09. The summed E-state index contributed by atoms with van der Waals surface area (Å²) in [6, 6.07) is 2.34. The van der Waals surface area contributed by atoms with Crippen molar-refractivity contribution in [3.05, 3.63) is 0 Å². The van der Waals surface area contributed by atoms with Crippen molar-refractivity contribution in [2.24, 2.45) is 16.7 Å². The zero-order chi connectivity index (χ0) is 14.0. The highest BCUT2D eigenvalue weighted by Crippen LogP contribution is 2.42. The van der Waals surface area contributed by atoms with Crippen molar-refractivity contribution < 1.29 is 9.90 Å². The van der Waals surface area contributed by atoms with Crippen molar-refractivity contribution in [2.45, 2.75) is 59.4 Å². The van der Waals surface area contributed by atoms with Gasteiger partial charge < -0.3 is 10.4 Å². The van der Waals surface area contributed by atoms with Crippen LogP contribution in [0.1, 0.15) is 53.4 Å². The van der Waals surface area contributed by atoms with Crippen molar-refractivity contribution in [1.82, 2.24) is 5.32 Å². The molecule has 0 spiro atoms. The Morgan fingerprint density at radius 2 is 1.94 bits per heavy atom. The highest BCUT2D eigenvalue weighted by Gasteiger charge is 2.39. The topological polar surface area (TPSA) is 73.1 Å². The van der Waals surface area contributed by atoms with E-state index in [2.05, 4.69) is 32.2 Å². The van der Waals surface area contributed by atoms with Gasteiger partial charge in [-0.3, -0.25) is 0 Å². The first-order valence-corrected chi connectivity index (χ1v) is 6.59. The van der Waals surface area contributed by atoms with Crippen molar-refractivity contribution in [1.29, 1.82) is 5.26 Å². The molecule has 0 aliphatic heterocycles. The maximum absolute atomic E-state index is 10.9. The minimum Gasteiger partial charge on any atom is -0.465 e. The van der Waals surface area contributed by atoms with E-state index in [0.717, 1.165) is 25.7 Å². The molecule has 0 aromatic rings. The molecule has 1 fully saturated rings. The van der Waals surface area contributed by atoms with Crippen LogP contribution in [-0.4, -0.2) is 17.2 Å². The first-order valence-electron chi connectivity index (χ1n) is 6.59. The van der Waals surface area contributed by atoms with E-state index in [1.165, 1.54) is 0 Å². The molecule has 1 saturated carbocycles. The molecule has 2 N–H and O–H groups in total. The Bertz CT molecular complexity index is 344. The molecular weight excluding hydrogens is 228 g/mol. The maximum atomic E-state index is 10.9. The Morgan fingerprint density at radius 1 is 1.44 bits per heavy atom. The van der Waals surface area contributed by atoms with E-state index in [0.29, 0.717) is 5.92 Å². The summed E-state index contributed by atoms with van der Waals surface area (Å²) in [5.74, 6) is 0.336. The van der Waals surface area contributed by atoms with Gasteiger partial charge in [-0.05, 0) is 43.9 Å². The lowest BCUT2D eigenvalue weighted by Crippen LogP contribution is -2.49. The van der Waals surface area contributed by atoms with Gasteiger partial charge in [0.1, 0.15) is 0 Å². The van der Waals surface area contributed by atoms with Gasteiger partial charge in [-0.2, -0.15) is 5.26 Å². The molecule has 0 aromatic carbocycles. The second-order valence-electron chi connectivity index (χ2n) is 6.80. The highest BCUT2D eigenvalue weighted by atomic mass is 16.4. The van der Waals surface area contributed by atoms with E-state index in [1.54, 1.807) is 0 Å². The molecule has 0 saturated heterocycles. The lowest BCUT2D eigenvalue weighted by molar-refractivity contribution is 0.115. The second kappa shape index (κ2) is 5.17. The molecule has 1 aliphatic rings. The van der Waals surface area contributed by atoms with E-state index in [1.807, 2.05) is 6.92 Å². The predicted molar refractivity (Wildman–Crippen MR) is 70.1 cm³/mol. The summed E-state index contributed by atoms with van der Waals surface area (Å²) in [4.78, 5) is 10.9. The number of nitriles is 1. The normalized spacial score (nSPS) is 30.3. The monoisotopic (exact) mass is 252 g/mol. The quantitative estimate of drug-likeness (QED) is 0.791. The minimum atomic E-state index is -0.955. The maximum Gasteiger partial charge on any atom is 0.404 e. The summed E-state index contributed by atoms with van der Waals surface area (Å²) in [5.41, 5.74) is -0.314. The van der Waals surface area contributed by atoms with Crippen LogP contribution >= 0.6 is 0 Å². The summed E-state index contributed by atoms with van der Waals surface area (Å²) < 4.78 is 0. The Hall–Kier alpha value is -1.24. The van der Waals surface area contributed by atoms with E-state index in [-0.39, 0.29) is 16.9 Å². The van der Waals surface area contributed by atoms with Crippen LogP contribution < -0.4 is 5.32 Å². The van der Waals surface area contributed by atoms with Crippen LogP contribution in [-0.2, 0) is 0 Å². The number of carboxylic acid groups (broad SMARTS) is 1. The summed E-state index contributed by atoms with van der Waals surface area (Å²) in [6.45, 7) is 8.18. The zero-order valence-electron chi connectivity index (χ0n) is 11.8. The molecule has 0 aromatic heterocycles. The highest BCUT2D eigenvalue weighted by molar-refractivity contribution is 5.65. The number of nitrogens with one attached hydrogen (secondary N) is 1. The average Bonchev–Trinajstić information content (AvgIpc) is 2.26. The van der Waals surface area contributed by atoms with Gasteiger partial charge in [0.05, 0.1) is 11.5 Å². The second-order valence-corrected chi connectivity index (χ2v) is 6.80. The molecule has 4 nitrogen and oxygen atoms in total. The molecule has 0 heterocycles. The number of hydrogen-bond donors (Lipinski definition) is 2. The van der Waals surface area contributed by atoms with Crippen LogP contribution in [0.15, 0.2) is 0 Å². The number of amides is 1. The van der Waals surface area contributed by atoms with Crippen molar-refractivity contribution in [3.63, 3.8) is 0 Å². The third-order valence-electron chi connectivity index (χ3n) is 4.09. The summed E-state index contributed by atoms with van der Waals surface area (Å²) in [7, 11) is 0. The molecule has 1 amide bonds. The zero-order valence-corrected chi connectivity index (χ0v) is 11.8. The lowest BCUT2D eigenvalue weighted by atomic mass is 9.66. The van der Waals surface area contributed by atoms with Gasteiger partial charge in [0.15, 0.2) is 0 Å². The first-order chi connectivity index (χ1) is 8.18. The average molecular weight is 252 g/mol. The fourth-order valence-corrected chi connectivity index (χ4v) is 2.90. The molecular formula is C14H24N2O2. The van der Waals surface area contributed by atoms with Gasteiger partial charge in [-0.25, -0.2) is 4.79 Å². The van der Waals surface area contributed by atoms with E-state index < -0.39 is 6.09 Å². The summed E-state index contributed by atoms with van der Waals surface area (Å²) in [5, 5.41) is 20.8. The lowest BCUT2D eigenvalue weighted by Gasteiger charge is -2.41. The predicted octanol–water partition coefficient (Wildman–Crippen LogP) is 3.39. The summed E-state index contributed by atoms with van der Waals surface area (Å²) in [6.07, 6.45) is 2.62. The van der Waals surface area contributed by atoms with Crippen LogP contribution in [0.2, 0.25) is 0 Å². The standard InChI is InChI=1S/C14H24N2O2/c1-13(2,3)11(16-12(17)18)10-5-7-14(4,9-15)8-6-10/h10-11,16H,5-8H2,1-4H3,(H,17,18). The smallest absolute Gasteiger partial charge is 0.404 e. The largest absolute Gasteiger partial charge is 0.465 e. The molecule has 1 rings (SSSR count). The molecule has 0 bridgehead atoms. The Labute approximate surface area is 109 Å². The molecule has 18 heavy (non-hydrogen) atoms. The summed E-state index contributed by atoms with van der Waals surface area (Å²) >= 11 is 0. The molecule has 1 atom stereocenters. The minimum absolute atomic E-state index is 0.0433. The van der Waals surface area contributed by atoms with Gasteiger partial charge in [-0.1, -0.05) is 20.8 Å². The molecule has 4 heteroatoms. The Balaban J connectivity index is 2.73. The number of hydrogen-bond acceptors (Lipinski definition) is 2. The van der Waals surface area contributed by atoms with Crippen molar-refractivity contribution in [3.8, 4) is 6.07 Å². The van der Waals surface area contributed by atoms with E-state index >= 15 is 0 Å². The van der Waals surface area contributed by atoms with E-state index in [9.17, 15) is 4.79 Å². The van der Waals surface area contributed by atoms with Crippen molar-refractivity contribution >= 4 is 6.09 Å². The van der Waals surface area contributed by atoms with Gasteiger partial charge in [0, 0.05) is 6.04 Å². The number of carbonyl (C=O) groups is 1. The molecule has 1 unspecified atom stereocenters. The molecule has 0 radical (unpaired) electrons. The fraction of sp³-hybridized carbons (Fsp3) is 0.857. The van der Waals surface area contributed by atoms with Gasteiger partial charge >= 0.3 is 6.09 Å². The Kier molecular flexibility index (Phi) is 4.26. The first kappa shape index (κ1) is 14.8. The van der Waals surface area contributed by atoms with Crippen LogP contribution in [0.3, 0.4) is 0 Å². The van der Waals surface area contributed by atoms with Crippen LogP contribution in [0.5, 0.6) is 0 Å².